The highest BCUT2D eigenvalue weighted by Crippen LogP contribution is 2.28. The number of carbonyl (C=O) groups excluding carboxylic acids is 1. The SMILES string of the molecule is O=C(C1CCCN(c2cc(=O)n3ccccc3n2)C1)N1CCc2sccc2C1. The van der Waals surface area contributed by atoms with Crippen molar-refractivity contribution in [2.75, 3.05) is 24.5 Å². The number of hydrogen-bond acceptors (Lipinski definition) is 5. The second-order valence-corrected chi connectivity index (χ2v) is 8.55. The summed E-state index contributed by atoms with van der Waals surface area (Å²) >= 11 is 1.79. The van der Waals surface area contributed by atoms with Crippen LogP contribution in [0, 0.1) is 5.92 Å². The molecule has 7 heteroatoms. The van der Waals surface area contributed by atoms with Gasteiger partial charge in [0, 0.05) is 43.3 Å². The fraction of sp³-hybridized carbons (Fsp3) is 0.381. The third-order valence-corrected chi connectivity index (χ3v) is 6.79. The van der Waals surface area contributed by atoms with Crippen LogP contribution in [-0.2, 0) is 17.8 Å². The van der Waals surface area contributed by atoms with Gasteiger partial charge >= 0.3 is 0 Å². The van der Waals surface area contributed by atoms with Gasteiger partial charge in [-0.25, -0.2) is 4.98 Å². The van der Waals surface area contributed by atoms with E-state index < -0.39 is 0 Å². The normalized spacial score (nSPS) is 19.6. The number of piperidine rings is 1. The van der Waals surface area contributed by atoms with Crippen molar-refractivity contribution >= 4 is 28.7 Å². The minimum atomic E-state index is -0.0879. The molecule has 2 aliphatic heterocycles. The Morgan fingerprint density at radius 3 is 3.07 bits per heavy atom. The van der Waals surface area contributed by atoms with Crippen LogP contribution in [0.1, 0.15) is 23.3 Å². The molecule has 1 unspecified atom stereocenters. The summed E-state index contributed by atoms with van der Waals surface area (Å²) in [5.74, 6) is 0.872. The van der Waals surface area contributed by atoms with Crippen LogP contribution in [0.2, 0.25) is 0 Å². The van der Waals surface area contributed by atoms with Crippen LogP contribution in [0.3, 0.4) is 0 Å². The quantitative estimate of drug-likeness (QED) is 0.670. The van der Waals surface area contributed by atoms with Crippen LogP contribution in [0.5, 0.6) is 0 Å². The molecule has 3 aromatic heterocycles. The molecule has 1 saturated heterocycles. The maximum Gasteiger partial charge on any atom is 0.259 e. The highest BCUT2D eigenvalue weighted by molar-refractivity contribution is 7.10. The van der Waals surface area contributed by atoms with E-state index in [1.807, 2.05) is 23.1 Å². The first-order valence-electron chi connectivity index (χ1n) is 9.76. The molecule has 1 atom stereocenters. The molecule has 0 radical (unpaired) electrons. The van der Waals surface area contributed by atoms with Crippen LogP contribution in [-0.4, -0.2) is 39.8 Å². The van der Waals surface area contributed by atoms with Crippen molar-refractivity contribution in [1.82, 2.24) is 14.3 Å². The Labute approximate surface area is 167 Å². The zero-order valence-corrected chi connectivity index (χ0v) is 16.4. The highest BCUT2D eigenvalue weighted by Gasteiger charge is 2.31. The maximum atomic E-state index is 13.2. The Hall–Kier alpha value is -2.67. The lowest BCUT2D eigenvalue weighted by atomic mass is 9.95. The smallest absolute Gasteiger partial charge is 0.259 e. The van der Waals surface area contributed by atoms with Crippen LogP contribution in [0.25, 0.3) is 5.65 Å². The van der Waals surface area contributed by atoms with Crippen molar-refractivity contribution in [3.8, 4) is 0 Å². The average molecular weight is 395 g/mol. The molecular weight excluding hydrogens is 372 g/mol. The number of hydrogen-bond donors (Lipinski definition) is 0. The summed E-state index contributed by atoms with van der Waals surface area (Å²) in [7, 11) is 0. The third-order valence-electron chi connectivity index (χ3n) is 5.77. The molecule has 144 valence electrons. The Kier molecular flexibility index (Phi) is 4.39. The van der Waals surface area contributed by atoms with Crippen LogP contribution < -0.4 is 10.5 Å². The molecule has 5 heterocycles. The van der Waals surface area contributed by atoms with Gasteiger partial charge in [-0.15, -0.1) is 11.3 Å². The molecule has 0 bridgehead atoms. The van der Waals surface area contributed by atoms with E-state index in [1.54, 1.807) is 28.0 Å². The number of aromatic nitrogens is 2. The molecule has 0 saturated carbocycles. The zero-order chi connectivity index (χ0) is 19.1. The summed E-state index contributed by atoms with van der Waals surface area (Å²) in [6, 6.07) is 9.26. The van der Waals surface area contributed by atoms with Crippen LogP contribution in [0.4, 0.5) is 5.82 Å². The van der Waals surface area contributed by atoms with E-state index in [4.69, 9.17) is 0 Å². The van der Waals surface area contributed by atoms with Crippen molar-refractivity contribution in [2.45, 2.75) is 25.8 Å². The van der Waals surface area contributed by atoms with E-state index in [0.717, 1.165) is 38.9 Å². The number of amides is 1. The van der Waals surface area contributed by atoms with Crippen molar-refractivity contribution in [3.05, 3.63) is 62.7 Å². The summed E-state index contributed by atoms with van der Waals surface area (Å²) in [5.41, 5.74) is 1.84. The lowest BCUT2D eigenvalue weighted by molar-refractivity contribution is -0.136. The first-order chi connectivity index (χ1) is 13.7. The van der Waals surface area contributed by atoms with Gasteiger partial charge in [-0.05, 0) is 48.4 Å². The number of rotatable bonds is 2. The molecule has 1 amide bonds. The van der Waals surface area contributed by atoms with Gasteiger partial charge in [0.1, 0.15) is 11.5 Å². The molecular formula is C21H22N4O2S. The molecule has 0 aromatic carbocycles. The third kappa shape index (κ3) is 3.09. The van der Waals surface area contributed by atoms with Gasteiger partial charge < -0.3 is 9.80 Å². The molecule has 0 aliphatic carbocycles. The predicted octanol–water partition coefficient (Wildman–Crippen LogP) is 2.56. The minimum Gasteiger partial charge on any atom is -0.356 e. The Bertz CT molecular complexity index is 1090. The molecule has 5 rings (SSSR count). The van der Waals surface area contributed by atoms with E-state index >= 15 is 0 Å². The maximum absolute atomic E-state index is 13.2. The van der Waals surface area contributed by atoms with E-state index in [0.29, 0.717) is 18.0 Å². The van der Waals surface area contributed by atoms with Crippen molar-refractivity contribution in [1.29, 1.82) is 0 Å². The molecule has 0 N–H and O–H groups in total. The predicted molar refractivity (Wildman–Crippen MR) is 110 cm³/mol. The van der Waals surface area contributed by atoms with Crippen molar-refractivity contribution in [3.63, 3.8) is 0 Å². The Morgan fingerprint density at radius 2 is 2.14 bits per heavy atom. The molecule has 1 fully saturated rings. The minimum absolute atomic E-state index is 0.0371. The lowest BCUT2D eigenvalue weighted by Crippen LogP contribution is -2.46. The summed E-state index contributed by atoms with van der Waals surface area (Å²) < 4.78 is 1.54. The standard InChI is InChI=1S/C21H22N4O2S/c26-20-12-19(22-18-5-1-2-9-25(18)20)23-8-3-4-16(14-23)21(27)24-10-6-17-15(13-24)7-11-28-17/h1-2,5,7,9,11-12,16H,3-4,6,8,10,13-14H2. The van der Waals surface area contributed by atoms with E-state index in [1.165, 1.54) is 10.4 Å². The molecule has 2 aliphatic rings. The second kappa shape index (κ2) is 7.05. The van der Waals surface area contributed by atoms with Crippen LogP contribution in [0.15, 0.2) is 46.7 Å². The van der Waals surface area contributed by atoms with Gasteiger partial charge in [-0.2, -0.15) is 0 Å². The number of carbonyl (C=O) groups is 1. The van der Waals surface area contributed by atoms with E-state index in [-0.39, 0.29) is 17.4 Å². The topological polar surface area (TPSA) is 57.9 Å². The van der Waals surface area contributed by atoms with Gasteiger partial charge in [-0.1, -0.05) is 6.07 Å². The van der Waals surface area contributed by atoms with Crippen molar-refractivity contribution in [2.24, 2.45) is 5.92 Å². The van der Waals surface area contributed by atoms with E-state index in [9.17, 15) is 9.59 Å². The van der Waals surface area contributed by atoms with Gasteiger partial charge in [0.2, 0.25) is 5.91 Å². The molecule has 6 nitrogen and oxygen atoms in total. The molecule has 3 aromatic rings. The number of pyridine rings is 1. The Morgan fingerprint density at radius 1 is 1.21 bits per heavy atom. The fourth-order valence-corrected chi connectivity index (χ4v) is 5.17. The number of anilines is 1. The second-order valence-electron chi connectivity index (χ2n) is 7.55. The molecule has 28 heavy (non-hydrogen) atoms. The summed E-state index contributed by atoms with van der Waals surface area (Å²) in [6.45, 7) is 2.98. The van der Waals surface area contributed by atoms with Gasteiger partial charge in [0.15, 0.2) is 0 Å². The monoisotopic (exact) mass is 394 g/mol. The number of thiophene rings is 1. The average Bonchev–Trinajstić information content (AvgIpc) is 3.21. The zero-order valence-electron chi connectivity index (χ0n) is 15.6. The van der Waals surface area contributed by atoms with Gasteiger partial charge in [0.25, 0.3) is 5.56 Å². The van der Waals surface area contributed by atoms with Crippen molar-refractivity contribution < 1.29 is 4.79 Å². The van der Waals surface area contributed by atoms with Crippen LogP contribution >= 0.6 is 11.3 Å². The number of nitrogens with zero attached hydrogens (tertiary/aromatic N) is 4. The summed E-state index contributed by atoms with van der Waals surface area (Å²) in [6.07, 6.45) is 4.52. The number of fused-ring (bicyclic) bond motifs is 2. The Balaban J connectivity index is 1.35. The largest absolute Gasteiger partial charge is 0.356 e. The fourth-order valence-electron chi connectivity index (χ4n) is 4.28. The van der Waals surface area contributed by atoms with Gasteiger partial charge in [0.05, 0.1) is 5.92 Å². The summed E-state index contributed by atoms with van der Waals surface area (Å²) in [4.78, 5) is 35.7. The van der Waals surface area contributed by atoms with E-state index in [2.05, 4.69) is 21.3 Å². The van der Waals surface area contributed by atoms with Gasteiger partial charge in [-0.3, -0.25) is 14.0 Å². The first kappa shape index (κ1) is 17.4. The summed E-state index contributed by atoms with van der Waals surface area (Å²) in [5, 5.41) is 2.12. The highest BCUT2D eigenvalue weighted by atomic mass is 32.1. The molecule has 0 spiro atoms. The first-order valence-corrected chi connectivity index (χ1v) is 10.6. The lowest BCUT2D eigenvalue weighted by Gasteiger charge is -2.36.